The van der Waals surface area contributed by atoms with Crippen molar-refractivity contribution in [3.05, 3.63) is 40.3 Å². The fraction of sp³-hybridized carbons (Fsp3) is 0.500. The van der Waals surface area contributed by atoms with E-state index < -0.39 is 15.9 Å². The van der Waals surface area contributed by atoms with E-state index in [0.29, 0.717) is 10.7 Å². The van der Waals surface area contributed by atoms with Crippen molar-refractivity contribution < 1.29 is 13.2 Å². The standard InChI is InChI=1S/C18H22ClNO3S/c1-13-7-8-15(11-17(13)19)20(16-9-10-24(22,23)12-16)18(21)14-5-3-2-4-6-14/h7-11,14,16H,2-6,12H2,1H3. The molecule has 6 heteroatoms. The Kier molecular flexibility index (Phi) is 5.02. The molecule has 0 radical (unpaired) electrons. The summed E-state index contributed by atoms with van der Waals surface area (Å²) in [6.07, 6.45) is 6.63. The smallest absolute Gasteiger partial charge is 0.230 e. The second-order valence-electron chi connectivity index (χ2n) is 6.70. The van der Waals surface area contributed by atoms with Gasteiger partial charge in [-0.15, -0.1) is 0 Å². The van der Waals surface area contributed by atoms with Crippen LogP contribution in [0.15, 0.2) is 29.7 Å². The van der Waals surface area contributed by atoms with Crippen LogP contribution in [0.1, 0.15) is 37.7 Å². The fourth-order valence-corrected chi connectivity index (χ4v) is 4.92. The van der Waals surface area contributed by atoms with Crippen LogP contribution < -0.4 is 4.90 Å². The van der Waals surface area contributed by atoms with Gasteiger partial charge in [-0.25, -0.2) is 8.42 Å². The molecular weight excluding hydrogens is 346 g/mol. The summed E-state index contributed by atoms with van der Waals surface area (Å²) in [5.74, 6) is -0.0753. The molecule has 2 aliphatic rings. The molecule has 4 nitrogen and oxygen atoms in total. The van der Waals surface area contributed by atoms with Gasteiger partial charge in [-0.3, -0.25) is 4.79 Å². The van der Waals surface area contributed by atoms with Crippen LogP contribution in [0, 0.1) is 12.8 Å². The molecule has 1 heterocycles. The van der Waals surface area contributed by atoms with Gasteiger partial charge in [0.1, 0.15) is 0 Å². The minimum absolute atomic E-state index is 0.0152. The summed E-state index contributed by atoms with van der Waals surface area (Å²) in [6.45, 7) is 1.90. The molecule has 0 aromatic heterocycles. The van der Waals surface area contributed by atoms with Gasteiger partial charge in [-0.1, -0.05) is 36.9 Å². The first kappa shape index (κ1) is 17.5. The van der Waals surface area contributed by atoms with E-state index in [1.165, 1.54) is 5.41 Å². The lowest BCUT2D eigenvalue weighted by Gasteiger charge is -2.33. The first-order valence-corrected chi connectivity index (χ1v) is 10.5. The lowest BCUT2D eigenvalue weighted by molar-refractivity contribution is -0.123. The number of hydrogen-bond acceptors (Lipinski definition) is 3. The Morgan fingerprint density at radius 2 is 1.92 bits per heavy atom. The highest BCUT2D eigenvalue weighted by molar-refractivity contribution is 7.94. The van der Waals surface area contributed by atoms with Crippen LogP contribution in [0.4, 0.5) is 5.69 Å². The van der Waals surface area contributed by atoms with Gasteiger partial charge in [0.05, 0.1) is 11.8 Å². The van der Waals surface area contributed by atoms with Crippen LogP contribution in [0.2, 0.25) is 5.02 Å². The predicted molar refractivity (Wildman–Crippen MR) is 97.0 cm³/mol. The molecule has 3 rings (SSSR count). The summed E-state index contributed by atoms with van der Waals surface area (Å²) in [5, 5.41) is 1.80. The Morgan fingerprint density at radius 1 is 1.21 bits per heavy atom. The Bertz CT molecular complexity index is 766. The molecule has 1 fully saturated rings. The van der Waals surface area contributed by atoms with Crippen LogP contribution in [-0.4, -0.2) is 26.1 Å². The van der Waals surface area contributed by atoms with E-state index in [-0.39, 0.29) is 17.6 Å². The Labute approximate surface area is 148 Å². The van der Waals surface area contributed by atoms with Crippen LogP contribution in [0.5, 0.6) is 0 Å². The van der Waals surface area contributed by atoms with E-state index in [1.807, 2.05) is 19.1 Å². The van der Waals surface area contributed by atoms with Gasteiger partial charge in [0.25, 0.3) is 0 Å². The third-order valence-corrected chi connectivity index (χ3v) is 6.65. The van der Waals surface area contributed by atoms with Crippen molar-refractivity contribution in [2.45, 2.75) is 45.1 Å². The summed E-state index contributed by atoms with van der Waals surface area (Å²) >= 11 is 6.24. The average Bonchev–Trinajstić information content (AvgIpc) is 2.91. The van der Waals surface area contributed by atoms with Crippen molar-refractivity contribution in [1.29, 1.82) is 0 Å². The van der Waals surface area contributed by atoms with E-state index >= 15 is 0 Å². The summed E-state index contributed by atoms with van der Waals surface area (Å²) in [7, 11) is -3.24. The lowest BCUT2D eigenvalue weighted by atomic mass is 9.88. The van der Waals surface area contributed by atoms with E-state index in [0.717, 1.165) is 37.7 Å². The quantitative estimate of drug-likeness (QED) is 0.814. The molecule has 0 saturated heterocycles. The Balaban J connectivity index is 1.95. The molecule has 24 heavy (non-hydrogen) atoms. The molecule has 1 aromatic rings. The summed E-state index contributed by atoms with van der Waals surface area (Å²) < 4.78 is 23.7. The SMILES string of the molecule is Cc1ccc(N(C(=O)C2CCCCC2)C2C=CS(=O)(=O)C2)cc1Cl. The minimum atomic E-state index is -3.24. The molecule has 0 N–H and O–H groups in total. The van der Waals surface area contributed by atoms with Crippen molar-refractivity contribution in [3.63, 3.8) is 0 Å². The Morgan fingerprint density at radius 3 is 2.50 bits per heavy atom. The van der Waals surface area contributed by atoms with Crippen LogP contribution in [-0.2, 0) is 14.6 Å². The van der Waals surface area contributed by atoms with E-state index in [2.05, 4.69) is 0 Å². The summed E-state index contributed by atoms with van der Waals surface area (Å²) in [6, 6.07) is 5.02. The molecule has 1 amide bonds. The first-order chi connectivity index (χ1) is 11.4. The van der Waals surface area contributed by atoms with E-state index in [4.69, 9.17) is 11.6 Å². The van der Waals surface area contributed by atoms with Crippen LogP contribution >= 0.6 is 11.6 Å². The van der Waals surface area contributed by atoms with Crippen molar-refractivity contribution in [3.8, 4) is 0 Å². The summed E-state index contributed by atoms with van der Waals surface area (Å²) in [5.41, 5.74) is 1.60. The molecule has 1 saturated carbocycles. The third kappa shape index (κ3) is 3.67. The Hall–Kier alpha value is -1.33. The van der Waals surface area contributed by atoms with Gasteiger partial charge < -0.3 is 4.90 Å². The second-order valence-corrected chi connectivity index (χ2v) is 9.04. The van der Waals surface area contributed by atoms with Crippen molar-refractivity contribution >= 4 is 33.0 Å². The molecular formula is C18H22ClNO3S. The monoisotopic (exact) mass is 367 g/mol. The number of halogens is 1. The highest BCUT2D eigenvalue weighted by Gasteiger charge is 2.35. The van der Waals surface area contributed by atoms with Gasteiger partial charge in [0, 0.05) is 22.0 Å². The topological polar surface area (TPSA) is 54.5 Å². The second kappa shape index (κ2) is 6.89. The largest absolute Gasteiger partial charge is 0.304 e. The molecule has 1 unspecified atom stereocenters. The maximum Gasteiger partial charge on any atom is 0.230 e. The predicted octanol–water partition coefficient (Wildman–Crippen LogP) is 3.87. The normalized spacial score (nSPS) is 23.3. The van der Waals surface area contributed by atoms with Gasteiger partial charge in [0.2, 0.25) is 5.91 Å². The van der Waals surface area contributed by atoms with Crippen LogP contribution in [0.25, 0.3) is 0 Å². The number of carbonyl (C=O) groups excluding carboxylic acids is 1. The van der Waals surface area contributed by atoms with Gasteiger partial charge in [0.15, 0.2) is 9.84 Å². The van der Waals surface area contributed by atoms with Crippen molar-refractivity contribution in [2.75, 3.05) is 10.7 Å². The number of amides is 1. The van der Waals surface area contributed by atoms with Gasteiger partial charge in [-0.05, 0) is 43.5 Å². The lowest BCUT2D eigenvalue weighted by Crippen LogP contribution is -2.45. The number of sulfone groups is 1. The first-order valence-electron chi connectivity index (χ1n) is 8.37. The highest BCUT2D eigenvalue weighted by Crippen LogP contribution is 2.32. The molecule has 0 spiro atoms. The number of rotatable bonds is 3. The number of benzene rings is 1. The number of anilines is 1. The van der Waals surface area contributed by atoms with Gasteiger partial charge in [-0.2, -0.15) is 0 Å². The zero-order valence-electron chi connectivity index (χ0n) is 13.7. The number of nitrogens with zero attached hydrogens (tertiary/aromatic N) is 1. The van der Waals surface area contributed by atoms with Crippen LogP contribution in [0.3, 0.4) is 0 Å². The molecule has 1 aliphatic heterocycles. The average molecular weight is 368 g/mol. The molecule has 1 atom stereocenters. The minimum Gasteiger partial charge on any atom is -0.304 e. The third-order valence-electron chi connectivity index (χ3n) is 4.87. The number of aryl methyl sites for hydroxylation is 1. The fourth-order valence-electron chi connectivity index (χ4n) is 3.48. The van der Waals surface area contributed by atoms with Gasteiger partial charge >= 0.3 is 0 Å². The molecule has 1 aromatic carbocycles. The molecule has 0 bridgehead atoms. The van der Waals surface area contributed by atoms with E-state index in [9.17, 15) is 13.2 Å². The van der Waals surface area contributed by atoms with E-state index in [1.54, 1.807) is 17.0 Å². The summed E-state index contributed by atoms with van der Waals surface area (Å²) in [4.78, 5) is 14.8. The van der Waals surface area contributed by atoms with Crippen molar-refractivity contribution in [1.82, 2.24) is 0 Å². The number of carbonyl (C=O) groups is 1. The maximum absolute atomic E-state index is 13.1. The number of hydrogen-bond donors (Lipinski definition) is 0. The maximum atomic E-state index is 13.1. The van der Waals surface area contributed by atoms with Crippen molar-refractivity contribution in [2.24, 2.45) is 5.92 Å². The zero-order chi connectivity index (χ0) is 17.3. The molecule has 1 aliphatic carbocycles. The highest BCUT2D eigenvalue weighted by atomic mass is 35.5. The zero-order valence-corrected chi connectivity index (χ0v) is 15.3. The molecule has 130 valence electrons.